The number of ether oxygens (including phenoxy) is 11. The molecular weight excluding hydrogens is 2210 g/mol. The molecule has 0 bridgehead atoms. The molecule has 0 aliphatic heterocycles. The highest BCUT2D eigenvalue weighted by Gasteiger charge is 2.59. The van der Waals surface area contributed by atoms with Gasteiger partial charge in [0.15, 0.2) is 0 Å². The van der Waals surface area contributed by atoms with Gasteiger partial charge in [-0.05, 0) is 248 Å². The lowest BCUT2D eigenvalue weighted by atomic mass is 9.46. The number of benzene rings is 11. The maximum atomic E-state index is 11.6. The zero-order chi connectivity index (χ0) is 90.8. The van der Waals surface area contributed by atoms with E-state index < -0.39 is 11.2 Å². The zero-order valence-electron chi connectivity index (χ0n) is 74.6. The fourth-order valence-corrected chi connectivity index (χ4v) is 20.7. The van der Waals surface area contributed by atoms with Crippen molar-refractivity contribution in [1.29, 1.82) is 0 Å². The lowest BCUT2D eigenvalue weighted by Gasteiger charge is -2.60. The predicted octanol–water partition coefficient (Wildman–Crippen LogP) is 28.6. The minimum absolute atomic E-state index is 0.0355. The summed E-state index contributed by atoms with van der Waals surface area (Å²) in [6.07, 6.45) is 11.1. The fourth-order valence-electron chi connectivity index (χ4n) is 18.4. The van der Waals surface area contributed by atoms with Gasteiger partial charge in [0, 0.05) is 113 Å². The molecule has 14 nitrogen and oxygen atoms in total. The molecule has 3 N–H and O–H groups in total. The second-order valence-electron chi connectivity index (χ2n) is 34.8. The minimum atomic E-state index is -0.757. The van der Waals surface area contributed by atoms with Gasteiger partial charge in [0.05, 0.1) is 46.2 Å². The van der Waals surface area contributed by atoms with Crippen LogP contribution in [0.5, 0.6) is 63.2 Å². The van der Waals surface area contributed by atoms with Crippen LogP contribution in [0.2, 0.25) is 0 Å². The Morgan fingerprint density at radius 2 is 0.524 bits per heavy atom. The third-order valence-corrected chi connectivity index (χ3v) is 27.1. The molecule has 0 amide bonds. The van der Waals surface area contributed by atoms with Crippen LogP contribution in [0.4, 0.5) is 0 Å². The molecule has 0 heterocycles. The van der Waals surface area contributed by atoms with E-state index in [4.69, 9.17) is 52.1 Å². The number of halogens is 6. The molecule has 0 unspecified atom stereocenters. The van der Waals surface area contributed by atoms with Crippen molar-refractivity contribution in [2.45, 2.75) is 170 Å². The third kappa shape index (κ3) is 32.1. The van der Waals surface area contributed by atoms with Gasteiger partial charge in [0.2, 0.25) is 0 Å². The van der Waals surface area contributed by atoms with Crippen LogP contribution in [0.3, 0.4) is 0 Å². The molecule has 11 aromatic rings. The van der Waals surface area contributed by atoms with E-state index in [1.807, 2.05) is 214 Å². The van der Waals surface area contributed by atoms with Gasteiger partial charge in [-0.1, -0.05) is 252 Å². The molecule has 0 radical (unpaired) electrons. The number of aliphatic hydroxyl groups is 3. The van der Waals surface area contributed by atoms with Crippen LogP contribution >= 0.6 is 121 Å². The molecule has 0 saturated heterocycles. The topological polar surface area (TPSA) is 162 Å². The number of fused-ring (bicyclic) bond motifs is 2. The summed E-state index contributed by atoms with van der Waals surface area (Å²) in [5.74, 6) is 9.95. The summed E-state index contributed by atoms with van der Waals surface area (Å²) < 4.78 is 66.8. The van der Waals surface area contributed by atoms with E-state index >= 15 is 0 Å². The van der Waals surface area contributed by atoms with E-state index in [0.29, 0.717) is 80.7 Å². The van der Waals surface area contributed by atoms with Crippen molar-refractivity contribution in [3.63, 3.8) is 0 Å². The van der Waals surface area contributed by atoms with Gasteiger partial charge in [0.25, 0.3) is 0 Å². The molecule has 0 spiro atoms. The Morgan fingerprint density at radius 3 is 0.786 bits per heavy atom. The van der Waals surface area contributed by atoms with Gasteiger partial charge in [-0.15, -0.1) is 0 Å². The normalized spacial score (nSPS) is 20.8. The Morgan fingerprint density at radius 1 is 0.302 bits per heavy atom. The van der Waals surface area contributed by atoms with Gasteiger partial charge in [0.1, 0.15) is 103 Å². The Bertz CT molecular complexity index is 4590. The van der Waals surface area contributed by atoms with Crippen molar-refractivity contribution >= 4 is 121 Å². The average Bonchev–Trinajstić information content (AvgIpc) is 0.731. The summed E-state index contributed by atoms with van der Waals surface area (Å²) in [7, 11) is 6.54. The maximum absolute atomic E-state index is 11.6. The molecule has 674 valence electrons. The summed E-state index contributed by atoms with van der Waals surface area (Å²) in [5.41, 5.74) is 6.16. The first-order valence-electron chi connectivity index (χ1n) is 42.9. The van der Waals surface area contributed by atoms with Gasteiger partial charge in [-0.3, -0.25) is 0 Å². The van der Waals surface area contributed by atoms with Crippen LogP contribution in [-0.2, 0) is 39.6 Å². The quantitative estimate of drug-likeness (QED) is 0.0439. The van der Waals surface area contributed by atoms with Crippen LogP contribution in [0, 0.1) is 56.0 Å². The van der Waals surface area contributed by atoms with E-state index in [2.05, 4.69) is 235 Å². The molecule has 11 aromatic carbocycles. The van der Waals surface area contributed by atoms with Crippen LogP contribution in [0.25, 0.3) is 0 Å². The van der Waals surface area contributed by atoms with Crippen LogP contribution in [0.15, 0.2) is 277 Å². The summed E-state index contributed by atoms with van der Waals surface area (Å²) in [6, 6.07) is 90.0. The van der Waals surface area contributed by atoms with Crippen LogP contribution in [-0.4, -0.2) is 68.2 Å². The largest absolute Gasteiger partial charge is 0.497 e. The second-order valence-corrected chi connectivity index (χ2v) is 39.4. The lowest BCUT2D eigenvalue weighted by Crippen LogP contribution is -2.59. The van der Waals surface area contributed by atoms with Crippen molar-refractivity contribution in [3.8, 4) is 63.2 Å². The third-order valence-electron chi connectivity index (χ3n) is 24.8. The maximum Gasteiger partial charge on any atom is 0.127 e. The van der Waals surface area contributed by atoms with E-state index in [1.165, 1.54) is 25.7 Å². The molecule has 8 atom stereocenters. The number of hydrogen-bond acceptors (Lipinski definition) is 14. The van der Waals surface area contributed by atoms with E-state index in [0.717, 1.165) is 133 Å². The number of hydrogen-bond donors (Lipinski definition) is 3. The van der Waals surface area contributed by atoms with E-state index in [-0.39, 0.29) is 34.7 Å². The van der Waals surface area contributed by atoms with Gasteiger partial charge >= 0.3 is 0 Å². The predicted molar refractivity (Wildman–Crippen MR) is 555 cm³/mol. The standard InChI is InChI=1S/C35H44O4.2C20H17IO2.C15H28O2.C8H9BrO2.C8H9IO2.I2/c1-33(2)17-11-18-34(3)31(33)16-19-35(4,36)32(34)25-39-30-21-28(37-23-26-12-7-5-8-13-26)20-29(22-30)38-24-27-14-9-6-10-15-27;2*21-18-11-19(22-14-16-7-3-1-4-8-16)13-20(12-18)23-15-17-9-5-2-6-10-17;1-13(2)7-5-8-14(3)11(13)6-9-15(4,17)12(14)10-16;2*1-10-7-3-6(9)4-8(5-7)11-2;1-2/h5-10,12-15,20-22,31-32,36H,11,16-19,23-25H2,1-4H3;2*1-13H,14-15H2;11-12,16-17H,5-10H2,1-4H3;2*3-5H,1-2H3;/t31-,32+,34-,35+;;;11-,12+,14-,15+;;;/m0..0.../s1. The highest BCUT2D eigenvalue weighted by molar-refractivity contribution is 15.0. The molecule has 4 aliphatic rings. The highest BCUT2D eigenvalue weighted by Crippen LogP contribution is 2.63. The first-order valence-corrected chi connectivity index (χ1v) is 53.2. The molecule has 4 saturated carbocycles. The number of methoxy groups -OCH3 is 4. The smallest absolute Gasteiger partial charge is 0.127 e. The number of aliphatic hydroxyl groups excluding tert-OH is 1. The average molecular weight is 2340 g/mol. The van der Waals surface area contributed by atoms with Crippen molar-refractivity contribution in [3.05, 3.63) is 322 Å². The number of rotatable bonds is 26. The SMILES string of the molecule is CC1(C)CCC[C@]2(C)[C@@H](CO)[C@](C)(O)CC[C@@H]12.CC1(C)CCC[C@]2(C)[C@@H](COc3cc(OCc4ccccc4)cc(OCc4ccccc4)c3)[C@](C)(O)CC[C@@H]12.COc1cc(Br)cc(OC)c1.COc1cc(I)cc(OC)c1.II.Ic1cc(OCc2ccccc2)cc(OCc2ccccc2)c1.Ic1cc(OCc2ccccc2)cc(OCc2ccccc2)c1. The Labute approximate surface area is 821 Å². The Balaban J connectivity index is 0.000000180. The summed E-state index contributed by atoms with van der Waals surface area (Å²) >= 11 is 14.4. The molecular formula is C106H124BrI5O14. The first kappa shape index (κ1) is 103. The molecule has 126 heavy (non-hydrogen) atoms. The summed E-state index contributed by atoms with van der Waals surface area (Å²) in [6.45, 7) is 21.9. The van der Waals surface area contributed by atoms with Crippen LogP contribution < -0.4 is 52.1 Å². The fraction of sp³-hybridized carbons (Fsp3) is 0.377. The Hall–Kier alpha value is -6.77. The minimum Gasteiger partial charge on any atom is -0.497 e. The van der Waals surface area contributed by atoms with E-state index in [1.54, 1.807) is 28.4 Å². The zero-order valence-corrected chi connectivity index (χ0v) is 87.0. The first-order chi connectivity index (χ1) is 60.5. The highest BCUT2D eigenvalue weighted by atomic mass is 128. The summed E-state index contributed by atoms with van der Waals surface area (Å²) in [5, 5.41) is 31.9. The van der Waals surface area contributed by atoms with Crippen molar-refractivity contribution in [2.24, 2.45) is 45.3 Å². The Kier molecular flexibility index (Phi) is 41.8. The van der Waals surface area contributed by atoms with Crippen molar-refractivity contribution < 1.29 is 67.4 Å². The molecule has 4 aliphatic carbocycles. The summed E-state index contributed by atoms with van der Waals surface area (Å²) in [4.78, 5) is 0. The van der Waals surface area contributed by atoms with Crippen molar-refractivity contribution in [1.82, 2.24) is 0 Å². The monoisotopic (exact) mass is 2330 g/mol. The molecule has 20 heteroatoms. The lowest BCUT2D eigenvalue weighted by molar-refractivity contribution is -0.178. The second kappa shape index (κ2) is 51.1. The molecule has 15 rings (SSSR count). The molecule has 0 aromatic heterocycles. The van der Waals surface area contributed by atoms with Crippen LogP contribution in [0.1, 0.15) is 153 Å². The van der Waals surface area contributed by atoms with Gasteiger partial charge in [-0.25, -0.2) is 0 Å². The molecule has 4 fully saturated rings. The van der Waals surface area contributed by atoms with Gasteiger partial charge < -0.3 is 67.4 Å². The van der Waals surface area contributed by atoms with Crippen molar-refractivity contribution in [2.75, 3.05) is 41.7 Å². The van der Waals surface area contributed by atoms with E-state index in [9.17, 15) is 15.3 Å². The van der Waals surface area contributed by atoms with Gasteiger partial charge in [-0.2, -0.15) is 0 Å².